The van der Waals surface area contributed by atoms with Gasteiger partial charge in [-0.05, 0) is 36.2 Å². The Balaban J connectivity index is 1.72. The predicted molar refractivity (Wildman–Crippen MR) is 103 cm³/mol. The Morgan fingerprint density at radius 2 is 1.70 bits per heavy atom. The molecule has 1 N–H and O–H groups in total. The molecule has 144 valence electrons. The SMILES string of the molecule is CCC(NC(=O)c1ccc(S(=O)(=O)N2CCOCC2)cc1)c1ccccc1. The number of carbonyl (C=O) groups excluding carboxylic acids is 1. The zero-order valence-electron chi connectivity index (χ0n) is 15.3. The van der Waals surface area contributed by atoms with Crippen molar-refractivity contribution in [3.8, 4) is 0 Å². The van der Waals surface area contributed by atoms with Crippen LogP contribution in [-0.2, 0) is 14.8 Å². The van der Waals surface area contributed by atoms with E-state index >= 15 is 0 Å². The van der Waals surface area contributed by atoms with Crippen LogP contribution in [0.4, 0.5) is 0 Å². The molecule has 0 saturated carbocycles. The van der Waals surface area contributed by atoms with Crippen molar-refractivity contribution in [2.24, 2.45) is 0 Å². The molecule has 1 heterocycles. The second kappa shape index (κ2) is 8.65. The summed E-state index contributed by atoms with van der Waals surface area (Å²) in [5, 5.41) is 3.01. The van der Waals surface area contributed by atoms with E-state index < -0.39 is 10.0 Å². The quantitative estimate of drug-likeness (QED) is 0.825. The van der Waals surface area contributed by atoms with Crippen molar-refractivity contribution in [3.05, 3.63) is 65.7 Å². The highest BCUT2D eigenvalue weighted by Crippen LogP contribution is 2.19. The second-order valence-corrected chi connectivity index (χ2v) is 8.32. The maximum atomic E-state index is 12.6. The third-order valence-electron chi connectivity index (χ3n) is 4.64. The first-order chi connectivity index (χ1) is 13.0. The molecule has 2 aromatic rings. The molecule has 1 atom stereocenters. The van der Waals surface area contributed by atoms with Crippen LogP contribution in [0.15, 0.2) is 59.5 Å². The Labute approximate surface area is 160 Å². The van der Waals surface area contributed by atoms with Crippen molar-refractivity contribution in [1.82, 2.24) is 9.62 Å². The molecular formula is C20H24N2O4S. The molecule has 1 fully saturated rings. The minimum Gasteiger partial charge on any atom is -0.379 e. The fourth-order valence-corrected chi connectivity index (χ4v) is 4.47. The van der Waals surface area contributed by atoms with Gasteiger partial charge in [-0.15, -0.1) is 0 Å². The van der Waals surface area contributed by atoms with E-state index in [4.69, 9.17) is 4.74 Å². The molecule has 1 amide bonds. The van der Waals surface area contributed by atoms with Gasteiger partial charge >= 0.3 is 0 Å². The Morgan fingerprint density at radius 3 is 2.30 bits per heavy atom. The minimum absolute atomic E-state index is 0.0875. The van der Waals surface area contributed by atoms with Crippen molar-refractivity contribution < 1.29 is 17.9 Å². The lowest BCUT2D eigenvalue weighted by Crippen LogP contribution is -2.40. The van der Waals surface area contributed by atoms with Gasteiger partial charge in [-0.25, -0.2) is 8.42 Å². The highest BCUT2D eigenvalue weighted by molar-refractivity contribution is 7.89. The van der Waals surface area contributed by atoms with Gasteiger partial charge in [-0.2, -0.15) is 4.31 Å². The van der Waals surface area contributed by atoms with Gasteiger partial charge in [0.05, 0.1) is 24.2 Å². The van der Waals surface area contributed by atoms with Crippen LogP contribution in [0, 0.1) is 0 Å². The smallest absolute Gasteiger partial charge is 0.251 e. The predicted octanol–water partition coefficient (Wildman–Crippen LogP) is 2.59. The highest BCUT2D eigenvalue weighted by atomic mass is 32.2. The van der Waals surface area contributed by atoms with Gasteiger partial charge in [0.1, 0.15) is 0 Å². The average Bonchev–Trinajstić information content (AvgIpc) is 2.73. The van der Waals surface area contributed by atoms with E-state index in [-0.39, 0.29) is 16.8 Å². The molecular weight excluding hydrogens is 364 g/mol. The Morgan fingerprint density at radius 1 is 1.07 bits per heavy atom. The summed E-state index contributed by atoms with van der Waals surface area (Å²) in [6.45, 7) is 3.50. The van der Waals surface area contributed by atoms with Gasteiger partial charge in [0.25, 0.3) is 5.91 Å². The van der Waals surface area contributed by atoms with Crippen LogP contribution in [0.25, 0.3) is 0 Å². The number of rotatable bonds is 6. The average molecular weight is 388 g/mol. The number of nitrogens with zero attached hydrogens (tertiary/aromatic N) is 1. The number of amides is 1. The van der Waals surface area contributed by atoms with Crippen LogP contribution in [0.3, 0.4) is 0 Å². The summed E-state index contributed by atoms with van der Waals surface area (Å²) in [7, 11) is -3.55. The fraction of sp³-hybridized carbons (Fsp3) is 0.350. The van der Waals surface area contributed by atoms with Crippen LogP contribution < -0.4 is 5.32 Å². The molecule has 0 bridgehead atoms. The summed E-state index contributed by atoms with van der Waals surface area (Å²) in [6, 6.07) is 15.8. The van der Waals surface area contributed by atoms with Crippen LogP contribution in [0.2, 0.25) is 0 Å². The van der Waals surface area contributed by atoms with Gasteiger partial charge in [-0.3, -0.25) is 4.79 Å². The summed E-state index contributed by atoms with van der Waals surface area (Å²) >= 11 is 0. The molecule has 6 nitrogen and oxygen atoms in total. The zero-order chi connectivity index (χ0) is 19.3. The normalized spacial score (nSPS) is 16.6. The maximum Gasteiger partial charge on any atom is 0.251 e. The standard InChI is InChI=1S/C20H24N2O4S/c1-2-19(16-6-4-3-5-7-16)21-20(23)17-8-10-18(11-9-17)27(24,25)22-12-14-26-15-13-22/h3-11,19H,2,12-15H2,1H3,(H,21,23). The Bertz CT molecular complexity index is 861. The summed E-state index contributed by atoms with van der Waals surface area (Å²) in [5.41, 5.74) is 1.48. The highest BCUT2D eigenvalue weighted by Gasteiger charge is 2.26. The van der Waals surface area contributed by atoms with E-state index in [1.807, 2.05) is 37.3 Å². The lowest BCUT2D eigenvalue weighted by Gasteiger charge is -2.26. The monoisotopic (exact) mass is 388 g/mol. The van der Waals surface area contributed by atoms with Crippen molar-refractivity contribution >= 4 is 15.9 Å². The molecule has 0 spiro atoms. The van der Waals surface area contributed by atoms with Crippen molar-refractivity contribution in [1.29, 1.82) is 0 Å². The number of hydrogen-bond acceptors (Lipinski definition) is 4. The first kappa shape index (κ1) is 19.5. The number of carbonyl (C=O) groups is 1. The second-order valence-electron chi connectivity index (χ2n) is 6.39. The molecule has 1 aliphatic heterocycles. The maximum absolute atomic E-state index is 12.6. The van der Waals surface area contributed by atoms with Crippen LogP contribution >= 0.6 is 0 Å². The molecule has 0 aliphatic carbocycles. The van der Waals surface area contributed by atoms with Gasteiger partial charge in [-0.1, -0.05) is 37.3 Å². The van der Waals surface area contributed by atoms with Gasteiger partial charge in [0, 0.05) is 18.7 Å². The summed E-state index contributed by atoms with van der Waals surface area (Å²) < 4.78 is 31.9. The molecule has 1 saturated heterocycles. The summed E-state index contributed by atoms with van der Waals surface area (Å²) in [4.78, 5) is 12.8. The van der Waals surface area contributed by atoms with Crippen LogP contribution in [0.5, 0.6) is 0 Å². The van der Waals surface area contributed by atoms with E-state index in [9.17, 15) is 13.2 Å². The molecule has 0 aromatic heterocycles. The molecule has 7 heteroatoms. The Kier molecular flexibility index (Phi) is 6.26. The van der Waals surface area contributed by atoms with Crippen molar-refractivity contribution in [3.63, 3.8) is 0 Å². The number of sulfonamides is 1. The van der Waals surface area contributed by atoms with Crippen LogP contribution in [-0.4, -0.2) is 44.9 Å². The van der Waals surface area contributed by atoms with Crippen molar-refractivity contribution in [2.45, 2.75) is 24.3 Å². The third-order valence-corrected chi connectivity index (χ3v) is 6.55. The number of nitrogens with one attached hydrogen (secondary N) is 1. The van der Waals surface area contributed by atoms with Crippen LogP contribution in [0.1, 0.15) is 35.3 Å². The molecule has 1 unspecified atom stereocenters. The van der Waals surface area contributed by atoms with E-state index in [0.29, 0.717) is 31.9 Å². The molecule has 3 rings (SSSR count). The van der Waals surface area contributed by atoms with Gasteiger partial charge < -0.3 is 10.1 Å². The molecule has 27 heavy (non-hydrogen) atoms. The van der Waals surface area contributed by atoms with Gasteiger partial charge in [0.2, 0.25) is 10.0 Å². The van der Waals surface area contributed by atoms with Gasteiger partial charge in [0.15, 0.2) is 0 Å². The minimum atomic E-state index is -3.55. The lowest BCUT2D eigenvalue weighted by atomic mass is 10.0. The topological polar surface area (TPSA) is 75.7 Å². The molecule has 2 aromatic carbocycles. The zero-order valence-corrected chi connectivity index (χ0v) is 16.1. The molecule has 0 radical (unpaired) electrons. The summed E-state index contributed by atoms with van der Waals surface area (Å²) in [6.07, 6.45) is 0.763. The number of ether oxygens (including phenoxy) is 1. The third kappa shape index (κ3) is 4.55. The Hall–Kier alpha value is -2.22. The fourth-order valence-electron chi connectivity index (χ4n) is 3.06. The number of hydrogen-bond donors (Lipinski definition) is 1. The van der Waals surface area contributed by atoms with Crippen molar-refractivity contribution in [2.75, 3.05) is 26.3 Å². The number of benzene rings is 2. The first-order valence-electron chi connectivity index (χ1n) is 9.06. The first-order valence-corrected chi connectivity index (χ1v) is 10.5. The van der Waals surface area contributed by atoms with E-state index in [0.717, 1.165) is 12.0 Å². The lowest BCUT2D eigenvalue weighted by molar-refractivity contribution is 0.0730. The van der Waals surface area contributed by atoms with E-state index in [1.54, 1.807) is 12.1 Å². The number of morpholine rings is 1. The van der Waals surface area contributed by atoms with E-state index in [2.05, 4.69) is 5.32 Å². The largest absolute Gasteiger partial charge is 0.379 e. The molecule has 1 aliphatic rings. The van der Waals surface area contributed by atoms with E-state index in [1.165, 1.54) is 16.4 Å². The summed E-state index contributed by atoms with van der Waals surface area (Å²) in [5.74, 6) is -0.221.